The molecule has 0 aliphatic carbocycles. The smallest absolute Gasteiger partial charge is 0.185 e. The molecule has 0 heterocycles. The number of hydrogen-bond acceptors (Lipinski definition) is 0. The molecule has 0 aromatic rings. The first-order valence-electron chi connectivity index (χ1n) is 4.32. The molecule has 0 rings (SSSR count). The minimum absolute atomic E-state index is 1.25. The van der Waals surface area contributed by atoms with E-state index >= 15 is 0 Å². The largest absolute Gasteiger partial charge is 0.248 e. The summed E-state index contributed by atoms with van der Waals surface area (Å²) in [7, 11) is -2.39. The van der Waals surface area contributed by atoms with E-state index in [4.69, 9.17) is 0 Å². The minimum atomic E-state index is -2.39. The summed E-state index contributed by atoms with van der Waals surface area (Å²) in [6, 6.07) is 0. The van der Waals surface area contributed by atoms with E-state index in [0.717, 1.165) is 0 Å². The Hall–Kier alpha value is 0.00688. The van der Waals surface area contributed by atoms with Crippen LogP contribution in [0.15, 0.2) is 0 Å². The van der Waals surface area contributed by atoms with Gasteiger partial charge in [-0.15, -0.1) is 0 Å². The number of alkyl halides is 3. The molecule has 0 nitrogen and oxygen atoms in total. The maximum atomic E-state index is 13.6. The van der Waals surface area contributed by atoms with Gasteiger partial charge in [0, 0.05) is 0 Å². The molecule has 0 aliphatic heterocycles. The standard InChI is InChI=1S/C9H18F3Si/c1-7(2,10)13(8(3,4)11)9(5,6)12/h1-6H3. The molecule has 0 aliphatic rings. The first kappa shape index (κ1) is 13.0. The van der Waals surface area contributed by atoms with Gasteiger partial charge in [-0.05, 0) is 41.5 Å². The van der Waals surface area contributed by atoms with Crippen molar-refractivity contribution in [3.05, 3.63) is 0 Å². The van der Waals surface area contributed by atoms with Gasteiger partial charge < -0.3 is 0 Å². The van der Waals surface area contributed by atoms with E-state index in [2.05, 4.69) is 0 Å². The Balaban J connectivity index is 5.02. The SMILES string of the molecule is CC(C)(F)[Si](C(C)(C)F)C(C)(C)F. The molecule has 0 N–H and O–H groups in total. The summed E-state index contributed by atoms with van der Waals surface area (Å²) < 4.78 is 40.8. The zero-order valence-electron chi connectivity index (χ0n) is 9.13. The summed E-state index contributed by atoms with van der Waals surface area (Å²) in [4.78, 5) is 0. The van der Waals surface area contributed by atoms with Crippen LogP contribution in [0.3, 0.4) is 0 Å². The lowest BCUT2D eigenvalue weighted by Crippen LogP contribution is -2.61. The molecule has 0 spiro atoms. The molecule has 0 atom stereocenters. The van der Waals surface area contributed by atoms with Gasteiger partial charge in [0.2, 0.25) is 0 Å². The first-order chi connectivity index (χ1) is 5.37. The number of hydrogen-bond donors (Lipinski definition) is 0. The highest BCUT2D eigenvalue weighted by molar-refractivity contribution is 6.67. The fourth-order valence-corrected chi connectivity index (χ4v) is 6.36. The van der Waals surface area contributed by atoms with Crippen molar-refractivity contribution in [1.82, 2.24) is 0 Å². The van der Waals surface area contributed by atoms with E-state index in [1.165, 1.54) is 41.5 Å². The molecule has 0 unspecified atom stereocenters. The zero-order valence-corrected chi connectivity index (χ0v) is 10.1. The van der Waals surface area contributed by atoms with Gasteiger partial charge in [0.25, 0.3) is 0 Å². The second-order valence-corrected chi connectivity index (χ2v) is 9.11. The summed E-state index contributed by atoms with van der Waals surface area (Å²) >= 11 is 0. The third kappa shape index (κ3) is 3.71. The normalized spacial score (nSPS) is 15.2. The monoisotopic (exact) mass is 211 g/mol. The van der Waals surface area contributed by atoms with Crippen molar-refractivity contribution < 1.29 is 13.2 Å². The topological polar surface area (TPSA) is 0 Å². The molecule has 0 saturated carbocycles. The summed E-state index contributed by atoms with van der Waals surface area (Å²) in [6.45, 7) is 7.52. The van der Waals surface area contributed by atoms with Crippen molar-refractivity contribution in [2.45, 2.75) is 57.4 Å². The Labute approximate surface area is 80.1 Å². The van der Waals surface area contributed by atoms with Gasteiger partial charge in [-0.25, -0.2) is 13.2 Å². The predicted molar refractivity (Wildman–Crippen MR) is 51.3 cm³/mol. The van der Waals surface area contributed by atoms with Gasteiger partial charge in [-0.1, -0.05) is 0 Å². The van der Waals surface area contributed by atoms with Crippen LogP contribution in [0.5, 0.6) is 0 Å². The van der Waals surface area contributed by atoms with Crippen LogP contribution in [-0.4, -0.2) is 24.7 Å². The van der Waals surface area contributed by atoms with E-state index in [0.29, 0.717) is 0 Å². The molecule has 0 bridgehead atoms. The van der Waals surface area contributed by atoms with Gasteiger partial charge >= 0.3 is 0 Å². The Kier molecular flexibility index (Phi) is 3.30. The highest BCUT2D eigenvalue weighted by atomic mass is 28.3. The van der Waals surface area contributed by atoms with Crippen LogP contribution >= 0.6 is 0 Å². The average molecular weight is 211 g/mol. The van der Waals surface area contributed by atoms with Crippen LogP contribution < -0.4 is 0 Å². The van der Waals surface area contributed by atoms with Gasteiger partial charge in [0.1, 0.15) is 0 Å². The van der Waals surface area contributed by atoms with Crippen molar-refractivity contribution in [3.63, 3.8) is 0 Å². The summed E-state index contributed by atoms with van der Waals surface area (Å²) in [6.07, 6.45) is 0. The van der Waals surface area contributed by atoms with Gasteiger partial charge in [0.15, 0.2) is 8.80 Å². The quantitative estimate of drug-likeness (QED) is 0.628. The summed E-state index contributed by atoms with van der Waals surface area (Å²) in [5.41, 5.74) is 0. The van der Waals surface area contributed by atoms with Crippen molar-refractivity contribution in [1.29, 1.82) is 0 Å². The van der Waals surface area contributed by atoms with E-state index in [-0.39, 0.29) is 0 Å². The Bertz CT molecular complexity index is 137. The van der Waals surface area contributed by atoms with E-state index in [9.17, 15) is 13.2 Å². The lowest BCUT2D eigenvalue weighted by molar-refractivity contribution is 0.210. The zero-order chi connectivity index (χ0) is 11.1. The molecular formula is C9H18F3Si. The highest BCUT2D eigenvalue weighted by Gasteiger charge is 2.53. The molecule has 79 valence electrons. The van der Waals surface area contributed by atoms with E-state index in [1.54, 1.807) is 0 Å². The van der Waals surface area contributed by atoms with Gasteiger partial charge in [-0.3, -0.25) is 0 Å². The number of halogens is 3. The first-order valence-corrected chi connectivity index (χ1v) is 5.82. The van der Waals surface area contributed by atoms with Crippen LogP contribution in [0.1, 0.15) is 41.5 Å². The van der Waals surface area contributed by atoms with Crippen LogP contribution in [0.2, 0.25) is 0 Å². The molecule has 0 saturated heterocycles. The van der Waals surface area contributed by atoms with E-state index in [1.807, 2.05) is 0 Å². The average Bonchev–Trinajstić information content (AvgIpc) is 1.44. The predicted octanol–water partition coefficient (Wildman–Crippen LogP) is 3.34. The second kappa shape index (κ2) is 3.30. The number of rotatable bonds is 3. The summed E-state index contributed by atoms with van der Waals surface area (Å²) in [5.74, 6) is 0. The van der Waals surface area contributed by atoms with Crippen molar-refractivity contribution >= 4 is 8.80 Å². The third-order valence-electron chi connectivity index (χ3n) is 1.78. The lowest BCUT2D eigenvalue weighted by Gasteiger charge is -2.38. The Morgan fingerprint density at radius 3 is 0.769 bits per heavy atom. The van der Waals surface area contributed by atoms with E-state index < -0.39 is 24.7 Å². The van der Waals surface area contributed by atoms with Crippen LogP contribution in [-0.2, 0) is 0 Å². The van der Waals surface area contributed by atoms with Crippen molar-refractivity contribution in [2.24, 2.45) is 0 Å². The van der Waals surface area contributed by atoms with Crippen LogP contribution in [0, 0.1) is 0 Å². The Morgan fingerprint density at radius 1 is 0.615 bits per heavy atom. The molecule has 1 radical (unpaired) electrons. The molecule has 0 aromatic carbocycles. The van der Waals surface area contributed by atoms with Crippen molar-refractivity contribution in [3.8, 4) is 0 Å². The third-order valence-corrected chi connectivity index (χ3v) is 5.35. The maximum Gasteiger partial charge on any atom is 0.185 e. The highest BCUT2D eigenvalue weighted by Crippen LogP contribution is 2.34. The van der Waals surface area contributed by atoms with Crippen molar-refractivity contribution in [2.75, 3.05) is 0 Å². The summed E-state index contributed by atoms with van der Waals surface area (Å²) in [5, 5.41) is -5.29. The molecule has 0 fully saturated rings. The molecule has 4 heteroatoms. The minimum Gasteiger partial charge on any atom is -0.248 e. The lowest BCUT2D eigenvalue weighted by atomic mass is 10.4. The molecular weight excluding hydrogens is 193 g/mol. The fraction of sp³-hybridized carbons (Fsp3) is 1.00. The molecule has 13 heavy (non-hydrogen) atoms. The van der Waals surface area contributed by atoms with Crippen LogP contribution in [0.25, 0.3) is 0 Å². The van der Waals surface area contributed by atoms with Gasteiger partial charge in [-0.2, -0.15) is 0 Å². The van der Waals surface area contributed by atoms with Gasteiger partial charge in [0.05, 0.1) is 15.9 Å². The molecule has 0 amide bonds. The molecule has 0 aromatic heterocycles. The maximum absolute atomic E-state index is 13.6. The fourth-order valence-electron chi connectivity index (χ4n) is 2.12. The van der Waals surface area contributed by atoms with Crippen LogP contribution in [0.4, 0.5) is 13.2 Å². The second-order valence-electron chi connectivity index (χ2n) is 4.79. The Morgan fingerprint density at radius 2 is 0.769 bits per heavy atom.